The number of nitrogens with one attached hydrogen (secondary N) is 2. The van der Waals surface area contributed by atoms with Gasteiger partial charge in [0, 0.05) is 108 Å². The molecule has 0 radical (unpaired) electrons. The van der Waals surface area contributed by atoms with E-state index in [9.17, 15) is 32.7 Å². The zero-order valence-corrected chi connectivity index (χ0v) is 35.5. The van der Waals surface area contributed by atoms with Crippen molar-refractivity contribution in [2.75, 3.05) is 64.3 Å². The van der Waals surface area contributed by atoms with Crippen LogP contribution < -0.4 is 16.3 Å². The number of anilines is 1. The van der Waals surface area contributed by atoms with Crippen molar-refractivity contribution in [3.8, 4) is 11.1 Å². The predicted octanol–water partition coefficient (Wildman–Crippen LogP) is 4.59. The number of nitrogens with zero attached hydrogens (tertiary/aromatic N) is 8. The number of imide groups is 1. The van der Waals surface area contributed by atoms with Gasteiger partial charge in [0.2, 0.25) is 17.8 Å². The molecule has 6 heterocycles. The summed E-state index contributed by atoms with van der Waals surface area (Å²) in [7, 11) is 1.71. The highest BCUT2D eigenvalue weighted by molar-refractivity contribution is 6.00. The molecule has 5 aromatic rings. The van der Waals surface area contributed by atoms with Crippen LogP contribution in [-0.2, 0) is 34.5 Å². The first kappa shape index (κ1) is 43.1. The molecule has 63 heavy (non-hydrogen) atoms. The summed E-state index contributed by atoms with van der Waals surface area (Å²) < 4.78 is 49.8. The van der Waals surface area contributed by atoms with Gasteiger partial charge in [0.05, 0.1) is 36.3 Å². The maximum atomic E-state index is 13.1. The Bertz CT molecular complexity index is 2500. The summed E-state index contributed by atoms with van der Waals surface area (Å²) in [4.78, 5) is 53.6. The van der Waals surface area contributed by atoms with Crippen molar-refractivity contribution < 1.29 is 32.6 Å². The fourth-order valence-corrected chi connectivity index (χ4v) is 9.60. The molecule has 1 saturated carbocycles. The molecular formula is C45H55F3N10O5. The standard InChI is InChI=1S/C45H55F3N10O5/c1-53-39-22-30(4-11-37(39)58(44(53)62)38-12-13-40(60)51-42(38)61)25-56-26-34(27-56)63-21-20-54-16-18-55(19-17-54)24-29-2-5-31(6-3-29)36-28-57(32-7-9-33(59)10-8-32)41-35(36)23-50-43(52-41)49-15-14-45(46,47)48/h2-6,11,22-23,28,32-34,38,59H,7-10,12-21,24-27H2,1H3,(H,49,50,52)(H,51,60,61)/t32-,33-,38-/m0/s1. The number of benzene rings is 2. The van der Waals surface area contributed by atoms with Gasteiger partial charge in [-0.1, -0.05) is 30.3 Å². The van der Waals surface area contributed by atoms with Crippen molar-refractivity contribution in [3.63, 3.8) is 0 Å². The number of amides is 2. The van der Waals surface area contributed by atoms with Crippen molar-refractivity contribution in [1.29, 1.82) is 0 Å². The van der Waals surface area contributed by atoms with E-state index in [1.165, 1.54) is 10.1 Å². The third-order valence-corrected chi connectivity index (χ3v) is 13.2. The number of aromatic nitrogens is 5. The number of halogens is 3. The van der Waals surface area contributed by atoms with E-state index >= 15 is 0 Å². The second kappa shape index (κ2) is 18.2. The van der Waals surface area contributed by atoms with E-state index < -0.39 is 24.5 Å². The number of hydrogen-bond acceptors (Lipinski definition) is 11. The maximum Gasteiger partial charge on any atom is 0.390 e. The Balaban J connectivity index is 0.726. The zero-order valence-electron chi connectivity index (χ0n) is 35.5. The lowest BCUT2D eigenvalue weighted by molar-refractivity contribution is -0.136. The van der Waals surface area contributed by atoms with Crippen molar-refractivity contribution >= 4 is 39.8 Å². The minimum Gasteiger partial charge on any atom is -0.393 e. The van der Waals surface area contributed by atoms with E-state index in [1.807, 2.05) is 18.2 Å². The third kappa shape index (κ3) is 9.69. The molecule has 3 N–H and O–H groups in total. The summed E-state index contributed by atoms with van der Waals surface area (Å²) >= 11 is 0. The maximum absolute atomic E-state index is 13.1. The molecule has 9 rings (SSSR count). The monoisotopic (exact) mass is 872 g/mol. The molecule has 15 nitrogen and oxygen atoms in total. The lowest BCUT2D eigenvalue weighted by atomic mass is 9.93. The second-order valence-electron chi connectivity index (χ2n) is 17.6. The van der Waals surface area contributed by atoms with Crippen molar-refractivity contribution in [2.24, 2.45) is 7.05 Å². The van der Waals surface area contributed by atoms with Gasteiger partial charge in [-0.15, -0.1) is 0 Å². The van der Waals surface area contributed by atoms with Crippen LogP contribution in [0.15, 0.2) is 59.7 Å². The number of hydrogen-bond donors (Lipinski definition) is 3. The molecule has 0 spiro atoms. The molecule has 336 valence electrons. The summed E-state index contributed by atoms with van der Waals surface area (Å²) in [6, 6.07) is 13.9. The number of imidazole rings is 1. The van der Waals surface area contributed by atoms with E-state index in [4.69, 9.17) is 4.74 Å². The average Bonchev–Trinajstić information content (AvgIpc) is 3.74. The van der Waals surface area contributed by atoms with E-state index in [2.05, 4.69) is 70.3 Å². The number of aryl methyl sites for hydroxylation is 1. The van der Waals surface area contributed by atoms with E-state index in [-0.39, 0.29) is 48.8 Å². The van der Waals surface area contributed by atoms with Crippen LogP contribution in [-0.4, -0.2) is 133 Å². The van der Waals surface area contributed by atoms with Gasteiger partial charge in [0.1, 0.15) is 11.7 Å². The number of aliphatic hydroxyl groups excluding tert-OH is 1. The smallest absolute Gasteiger partial charge is 0.390 e. The van der Waals surface area contributed by atoms with E-state index in [0.29, 0.717) is 37.0 Å². The molecule has 2 aromatic carbocycles. The van der Waals surface area contributed by atoms with E-state index in [1.54, 1.807) is 17.8 Å². The highest BCUT2D eigenvalue weighted by atomic mass is 19.4. The molecule has 0 bridgehead atoms. The Kier molecular flexibility index (Phi) is 12.4. The van der Waals surface area contributed by atoms with Gasteiger partial charge in [-0.05, 0) is 60.9 Å². The number of ether oxygens (including phenoxy) is 1. The predicted molar refractivity (Wildman–Crippen MR) is 231 cm³/mol. The van der Waals surface area contributed by atoms with Crippen LogP contribution in [0.2, 0.25) is 0 Å². The number of fused-ring (bicyclic) bond motifs is 2. The van der Waals surface area contributed by atoms with E-state index in [0.717, 1.165) is 99.3 Å². The molecular weight excluding hydrogens is 818 g/mol. The molecule has 3 aromatic heterocycles. The van der Waals surface area contributed by atoms with Gasteiger partial charge in [0.15, 0.2) is 0 Å². The number of alkyl halides is 3. The van der Waals surface area contributed by atoms with Crippen LogP contribution in [0.5, 0.6) is 0 Å². The van der Waals surface area contributed by atoms with Crippen LogP contribution in [0.1, 0.15) is 68.2 Å². The topological polar surface area (TPSA) is 155 Å². The van der Waals surface area contributed by atoms with Crippen molar-refractivity contribution in [3.05, 3.63) is 76.5 Å². The van der Waals surface area contributed by atoms with Crippen LogP contribution >= 0.6 is 0 Å². The Hall–Kier alpha value is -5.14. The summed E-state index contributed by atoms with van der Waals surface area (Å²) in [5, 5.41) is 16.1. The van der Waals surface area contributed by atoms with Gasteiger partial charge in [-0.3, -0.25) is 38.7 Å². The minimum absolute atomic E-state index is 0.131. The molecule has 1 aliphatic carbocycles. The highest BCUT2D eigenvalue weighted by Crippen LogP contribution is 2.37. The summed E-state index contributed by atoms with van der Waals surface area (Å²) in [6.07, 6.45) is 1.92. The van der Waals surface area contributed by atoms with Crippen molar-refractivity contribution in [2.45, 2.75) is 88.5 Å². The number of piperidine rings is 1. The Labute approximate surface area is 362 Å². The third-order valence-electron chi connectivity index (χ3n) is 13.2. The summed E-state index contributed by atoms with van der Waals surface area (Å²) in [5.74, 6) is -0.573. The number of rotatable bonds is 14. The lowest BCUT2D eigenvalue weighted by Crippen LogP contribution is -2.52. The highest BCUT2D eigenvalue weighted by Gasteiger charge is 2.33. The number of carbonyl (C=O) groups is 2. The normalized spacial score (nSPS) is 22.2. The van der Waals surface area contributed by atoms with Gasteiger partial charge >= 0.3 is 11.9 Å². The number of aliphatic hydroxyl groups is 1. The zero-order chi connectivity index (χ0) is 43.8. The number of carbonyl (C=O) groups excluding carboxylic acids is 2. The number of piperazine rings is 1. The fraction of sp³-hybridized carbons (Fsp3) is 0.533. The molecule has 1 atom stereocenters. The van der Waals surface area contributed by atoms with Crippen LogP contribution in [0.25, 0.3) is 33.2 Å². The largest absolute Gasteiger partial charge is 0.393 e. The average molecular weight is 873 g/mol. The molecule has 2 amide bonds. The number of likely N-dealkylation sites (tertiary alicyclic amines) is 1. The first-order valence-electron chi connectivity index (χ1n) is 22.1. The Morgan fingerprint density at radius 1 is 0.889 bits per heavy atom. The van der Waals surface area contributed by atoms with Gasteiger partial charge in [-0.2, -0.15) is 18.2 Å². The first-order valence-corrected chi connectivity index (χ1v) is 22.1. The minimum atomic E-state index is -4.27. The Morgan fingerprint density at radius 3 is 2.33 bits per heavy atom. The SMILES string of the molecule is Cn1c(=O)n([C@H]2CCC(=O)NC2=O)c2ccc(CN3CC(OCCN4CCN(Cc5ccc(-c6cn([C@H]7CC[C@H](O)CC7)c7nc(NCCC(F)(F)F)ncc67)cc5)CC4)C3)cc21. The van der Waals surface area contributed by atoms with Crippen molar-refractivity contribution in [1.82, 2.24) is 43.7 Å². The van der Waals surface area contributed by atoms with Crippen LogP contribution in [0.4, 0.5) is 19.1 Å². The summed E-state index contributed by atoms with van der Waals surface area (Å²) in [5.41, 5.74) is 6.16. The fourth-order valence-electron chi connectivity index (χ4n) is 9.60. The summed E-state index contributed by atoms with van der Waals surface area (Å²) in [6.45, 7) is 8.41. The van der Waals surface area contributed by atoms with Gasteiger partial charge in [0.25, 0.3) is 0 Å². The first-order chi connectivity index (χ1) is 30.3. The van der Waals surface area contributed by atoms with Crippen LogP contribution in [0.3, 0.4) is 0 Å². The quantitative estimate of drug-likeness (QED) is 0.134. The second-order valence-corrected chi connectivity index (χ2v) is 17.6. The molecule has 0 unspecified atom stereocenters. The lowest BCUT2D eigenvalue weighted by Gasteiger charge is -2.40. The molecule has 3 saturated heterocycles. The van der Waals surface area contributed by atoms with Gasteiger partial charge in [-0.25, -0.2) is 9.78 Å². The molecule has 18 heteroatoms. The molecule has 3 aliphatic heterocycles. The Morgan fingerprint density at radius 2 is 1.60 bits per heavy atom. The van der Waals surface area contributed by atoms with Crippen LogP contribution in [0, 0.1) is 0 Å². The molecule has 4 aliphatic rings. The molecule has 4 fully saturated rings. The van der Waals surface area contributed by atoms with Gasteiger partial charge < -0.3 is 19.7 Å².